The molecule has 2 heterocycles. The van der Waals surface area contributed by atoms with Crippen molar-refractivity contribution in [3.63, 3.8) is 0 Å². The molecule has 0 radical (unpaired) electrons. The van der Waals surface area contributed by atoms with Crippen molar-refractivity contribution in [1.29, 1.82) is 0 Å². The van der Waals surface area contributed by atoms with Gasteiger partial charge in [0, 0.05) is 24.8 Å². The van der Waals surface area contributed by atoms with Gasteiger partial charge in [0.15, 0.2) is 5.82 Å². The number of hydrogen-bond acceptors (Lipinski definition) is 5. The number of aromatic nitrogens is 4. The van der Waals surface area contributed by atoms with Crippen LogP contribution in [0, 0.1) is 0 Å². The van der Waals surface area contributed by atoms with Crippen LogP contribution in [0.5, 0.6) is 5.75 Å². The fourth-order valence-corrected chi connectivity index (χ4v) is 2.09. The molecule has 0 saturated heterocycles. The highest BCUT2D eigenvalue weighted by Crippen LogP contribution is 2.14. The standard InChI is InChI=1S/C16H16N4O2/c21-13(12-22-14-4-2-1-3-5-14)11-20-9-8-19-16(20)15-10-17-6-7-18-15/h1-10,13,21H,11-12H2/t13-/m0/s1. The van der Waals surface area contributed by atoms with Crippen LogP contribution in [0.2, 0.25) is 0 Å². The summed E-state index contributed by atoms with van der Waals surface area (Å²) in [5.41, 5.74) is 0.670. The summed E-state index contributed by atoms with van der Waals surface area (Å²) in [6.07, 6.45) is 7.70. The Morgan fingerprint density at radius 3 is 2.73 bits per heavy atom. The van der Waals surface area contributed by atoms with Gasteiger partial charge in [-0.3, -0.25) is 4.98 Å². The summed E-state index contributed by atoms with van der Waals surface area (Å²) in [6.45, 7) is 0.584. The third kappa shape index (κ3) is 3.48. The Bertz CT molecular complexity index is 700. The van der Waals surface area contributed by atoms with E-state index in [-0.39, 0.29) is 6.61 Å². The highest BCUT2D eigenvalue weighted by molar-refractivity contribution is 5.47. The number of ether oxygens (including phenoxy) is 1. The van der Waals surface area contributed by atoms with Crippen LogP contribution in [0.3, 0.4) is 0 Å². The molecule has 112 valence electrons. The van der Waals surface area contributed by atoms with E-state index in [9.17, 15) is 5.11 Å². The van der Waals surface area contributed by atoms with E-state index in [0.717, 1.165) is 5.75 Å². The number of aliphatic hydroxyl groups is 1. The molecule has 0 aliphatic rings. The van der Waals surface area contributed by atoms with Crippen LogP contribution in [0.25, 0.3) is 11.5 Å². The normalized spacial score (nSPS) is 12.0. The van der Waals surface area contributed by atoms with Crippen LogP contribution in [0.1, 0.15) is 0 Å². The number of para-hydroxylation sites is 1. The van der Waals surface area contributed by atoms with E-state index >= 15 is 0 Å². The number of aliphatic hydroxyl groups excluding tert-OH is 1. The van der Waals surface area contributed by atoms with E-state index < -0.39 is 6.10 Å². The van der Waals surface area contributed by atoms with E-state index in [4.69, 9.17) is 4.74 Å². The number of hydrogen-bond donors (Lipinski definition) is 1. The highest BCUT2D eigenvalue weighted by atomic mass is 16.5. The Hall–Kier alpha value is -2.73. The van der Waals surface area contributed by atoms with Gasteiger partial charge in [-0.05, 0) is 12.1 Å². The van der Waals surface area contributed by atoms with E-state index in [1.165, 1.54) is 0 Å². The van der Waals surface area contributed by atoms with Gasteiger partial charge in [0.1, 0.15) is 24.2 Å². The molecule has 3 aromatic rings. The maximum absolute atomic E-state index is 10.1. The number of nitrogens with zero attached hydrogens (tertiary/aromatic N) is 4. The molecule has 2 aromatic heterocycles. The summed E-state index contributed by atoms with van der Waals surface area (Å²) in [7, 11) is 0. The summed E-state index contributed by atoms with van der Waals surface area (Å²) < 4.78 is 7.39. The van der Waals surface area contributed by atoms with Crippen LogP contribution in [-0.2, 0) is 6.54 Å². The molecule has 0 bridgehead atoms. The van der Waals surface area contributed by atoms with Gasteiger partial charge in [-0.25, -0.2) is 9.97 Å². The minimum absolute atomic E-state index is 0.210. The summed E-state index contributed by atoms with van der Waals surface area (Å²) in [6, 6.07) is 9.42. The van der Waals surface area contributed by atoms with Gasteiger partial charge in [-0.15, -0.1) is 0 Å². The molecule has 6 nitrogen and oxygen atoms in total. The Morgan fingerprint density at radius 2 is 1.95 bits per heavy atom. The zero-order chi connectivity index (χ0) is 15.2. The Morgan fingerprint density at radius 1 is 1.09 bits per heavy atom. The molecule has 0 amide bonds. The SMILES string of the molecule is O[C@H](COc1ccccc1)Cn1ccnc1-c1cnccn1. The quantitative estimate of drug-likeness (QED) is 0.750. The molecule has 3 rings (SSSR count). The third-order valence-corrected chi connectivity index (χ3v) is 3.10. The van der Waals surface area contributed by atoms with E-state index in [2.05, 4.69) is 15.0 Å². The lowest BCUT2D eigenvalue weighted by Crippen LogP contribution is -2.23. The first-order valence-corrected chi connectivity index (χ1v) is 6.96. The molecular weight excluding hydrogens is 280 g/mol. The van der Waals surface area contributed by atoms with Gasteiger partial charge in [0.25, 0.3) is 0 Å². The average Bonchev–Trinajstić information content (AvgIpc) is 3.03. The van der Waals surface area contributed by atoms with Crippen molar-refractivity contribution < 1.29 is 9.84 Å². The van der Waals surface area contributed by atoms with E-state index in [1.807, 2.05) is 34.9 Å². The van der Waals surface area contributed by atoms with Crippen LogP contribution < -0.4 is 4.74 Å². The molecule has 0 spiro atoms. The van der Waals surface area contributed by atoms with Crippen molar-refractivity contribution in [2.75, 3.05) is 6.61 Å². The minimum Gasteiger partial charge on any atom is -0.491 e. The van der Waals surface area contributed by atoms with Crippen molar-refractivity contribution in [2.24, 2.45) is 0 Å². The second-order valence-corrected chi connectivity index (χ2v) is 4.77. The zero-order valence-electron chi connectivity index (χ0n) is 11.9. The molecule has 6 heteroatoms. The third-order valence-electron chi connectivity index (χ3n) is 3.10. The van der Waals surface area contributed by atoms with Crippen molar-refractivity contribution in [3.05, 3.63) is 61.3 Å². The van der Waals surface area contributed by atoms with Crippen LogP contribution >= 0.6 is 0 Å². The summed E-state index contributed by atoms with van der Waals surface area (Å²) >= 11 is 0. The van der Waals surface area contributed by atoms with Crippen molar-refractivity contribution in [3.8, 4) is 17.3 Å². The summed E-state index contributed by atoms with van der Waals surface area (Å²) in [4.78, 5) is 12.5. The smallest absolute Gasteiger partial charge is 0.160 e. The van der Waals surface area contributed by atoms with Gasteiger partial charge in [0.2, 0.25) is 0 Å². The molecule has 0 saturated carbocycles. The van der Waals surface area contributed by atoms with Crippen LogP contribution in [-0.4, -0.2) is 37.3 Å². The molecule has 0 aliphatic carbocycles. The molecule has 0 aliphatic heterocycles. The van der Waals surface area contributed by atoms with Gasteiger partial charge < -0.3 is 14.4 Å². The monoisotopic (exact) mass is 296 g/mol. The molecule has 0 fully saturated rings. The minimum atomic E-state index is -0.648. The maximum Gasteiger partial charge on any atom is 0.160 e. The summed E-state index contributed by atoms with van der Waals surface area (Å²) in [5, 5.41) is 10.1. The predicted molar refractivity (Wildman–Crippen MR) is 81.2 cm³/mol. The largest absolute Gasteiger partial charge is 0.491 e. The van der Waals surface area contributed by atoms with Crippen molar-refractivity contribution >= 4 is 0 Å². The second-order valence-electron chi connectivity index (χ2n) is 4.77. The number of rotatable bonds is 6. The second kappa shape index (κ2) is 6.82. The molecule has 0 unspecified atom stereocenters. The highest BCUT2D eigenvalue weighted by Gasteiger charge is 2.12. The lowest BCUT2D eigenvalue weighted by atomic mass is 10.3. The maximum atomic E-state index is 10.1. The van der Waals surface area contributed by atoms with Gasteiger partial charge in [0.05, 0.1) is 12.7 Å². The number of imidazole rings is 1. The molecule has 22 heavy (non-hydrogen) atoms. The fraction of sp³-hybridized carbons (Fsp3) is 0.188. The lowest BCUT2D eigenvalue weighted by molar-refractivity contribution is 0.0928. The Kier molecular flexibility index (Phi) is 4.41. The predicted octanol–water partition coefficient (Wildman–Crippen LogP) is 1.78. The molecule has 1 N–H and O–H groups in total. The van der Waals surface area contributed by atoms with E-state index in [1.54, 1.807) is 31.0 Å². The topological polar surface area (TPSA) is 73.1 Å². The number of benzene rings is 1. The van der Waals surface area contributed by atoms with E-state index in [0.29, 0.717) is 18.1 Å². The fourth-order valence-electron chi connectivity index (χ4n) is 2.09. The van der Waals surface area contributed by atoms with Crippen LogP contribution in [0.4, 0.5) is 0 Å². The molecular formula is C16H16N4O2. The molecule has 1 atom stereocenters. The van der Waals surface area contributed by atoms with Crippen molar-refractivity contribution in [2.45, 2.75) is 12.6 Å². The van der Waals surface area contributed by atoms with Gasteiger partial charge >= 0.3 is 0 Å². The Labute approximate surface area is 128 Å². The Balaban J connectivity index is 1.63. The first kappa shape index (κ1) is 14.2. The average molecular weight is 296 g/mol. The van der Waals surface area contributed by atoms with Gasteiger partial charge in [-0.2, -0.15) is 0 Å². The first-order valence-electron chi connectivity index (χ1n) is 6.96. The van der Waals surface area contributed by atoms with Crippen molar-refractivity contribution in [1.82, 2.24) is 19.5 Å². The zero-order valence-corrected chi connectivity index (χ0v) is 11.9. The van der Waals surface area contributed by atoms with Gasteiger partial charge in [-0.1, -0.05) is 18.2 Å². The lowest BCUT2D eigenvalue weighted by Gasteiger charge is -2.14. The molecule has 1 aromatic carbocycles. The van der Waals surface area contributed by atoms with Crippen LogP contribution in [0.15, 0.2) is 61.3 Å². The first-order chi connectivity index (χ1) is 10.8. The summed E-state index contributed by atoms with van der Waals surface area (Å²) in [5.74, 6) is 1.41.